The summed E-state index contributed by atoms with van der Waals surface area (Å²) in [5, 5.41) is 2.02. The van der Waals surface area contributed by atoms with Gasteiger partial charge in [-0.1, -0.05) is 36.4 Å². The number of carbonyl (C=O) groups is 2. The highest BCUT2D eigenvalue weighted by Gasteiger charge is 2.24. The molecule has 1 saturated heterocycles. The molecule has 2 aromatic carbocycles. The molecule has 8 heteroatoms. The zero-order chi connectivity index (χ0) is 25.2. The standard InChI is InChI=1S/C28H33N3O4S/c1-34-25-11-9-24(10-12-25)28(33)30(14-13-29-15-17-35-18-16-29)22-27(32)31(21-26-8-5-19-36-26)20-23-6-3-2-4-7-23/h2-12,19H,13-18,20-22H2,1H3. The smallest absolute Gasteiger partial charge is 0.254 e. The van der Waals surface area contributed by atoms with E-state index in [9.17, 15) is 9.59 Å². The number of thiophene rings is 1. The summed E-state index contributed by atoms with van der Waals surface area (Å²) in [6, 6.07) is 21.0. The fourth-order valence-corrected chi connectivity index (χ4v) is 4.86. The normalized spacial score (nSPS) is 13.8. The third kappa shape index (κ3) is 7.40. The van der Waals surface area contributed by atoms with Crippen molar-refractivity contribution in [2.24, 2.45) is 0 Å². The van der Waals surface area contributed by atoms with Crippen molar-refractivity contribution in [1.29, 1.82) is 0 Å². The van der Waals surface area contributed by atoms with Crippen LogP contribution in [0.15, 0.2) is 72.1 Å². The van der Waals surface area contributed by atoms with Crippen LogP contribution in [0.3, 0.4) is 0 Å². The fraction of sp³-hybridized carbons (Fsp3) is 0.357. The van der Waals surface area contributed by atoms with E-state index in [1.54, 1.807) is 47.6 Å². The number of rotatable bonds is 11. The summed E-state index contributed by atoms with van der Waals surface area (Å²) >= 11 is 1.63. The molecule has 1 aliphatic heterocycles. The van der Waals surface area contributed by atoms with Crippen LogP contribution in [-0.4, -0.2) is 79.6 Å². The van der Waals surface area contributed by atoms with Crippen LogP contribution in [0, 0.1) is 0 Å². The minimum absolute atomic E-state index is 0.0212. The molecule has 1 aromatic heterocycles. The van der Waals surface area contributed by atoms with Crippen molar-refractivity contribution in [3.63, 3.8) is 0 Å². The Labute approximate surface area is 216 Å². The molecule has 0 bridgehead atoms. The van der Waals surface area contributed by atoms with E-state index >= 15 is 0 Å². The number of hydrogen-bond donors (Lipinski definition) is 0. The van der Waals surface area contributed by atoms with Crippen LogP contribution < -0.4 is 4.74 Å². The highest BCUT2D eigenvalue weighted by atomic mass is 32.1. The highest BCUT2D eigenvalue weighted by Crippen LogP contribution is 2.17. The molecule has 0 spiro atoms. The third-order valence-electron chi connectivity index (χ3n) is 6.24. The Morgan fingerprint density at radius 3 is 2.36 bits per heavy atom. The van der Waals surface area contributed by atoms with Gasteiger partial charge in [0.1, 0.15) is 12.3 Å². The zero-order valence-corrected chi connectivity index (χ0v) is 21.5. The van der Waals surface area contributed by atoms with E-state index in [2.05, 4.69) is 4.90 Å². The maximum absolute atomic E-state index is 13.7. The van der Waals surface area contributed by atoms with Gasteiger partial charge in [0, 0.05) is 43.2 Å². The fourth-order valence-electron chi connectivity index (χ4n) is 4.15. The summed E-state index contributed by atoms with van der Waals surface area (Å²) in [6.45, 7) is 5.23. The molecule has 0 unspecified atom stereocenters. The van der Waals surface area contributed by atoms with Gasteiger partial charge in [-0.3, -0.25) is 14.5 Å². The van der Waals surface area contributed by atoms with Crippen molar-refractivity contribution >= 4 is 23.2 Å². The molecule has 0 saturated carbocycles. The molecule has 4 rings (SSSR count). The molecular weight excluding hydrogens is 474 g/mol. The summed E-state index contributed by atoms with van der Waals surface area (Å²) < 4.78 is 10.7. The van der Waals surface area contributed by atoms with Crippen LogP contribution in [0.4, 0.5) is 0 Å². The number of morpholine rings is 1. The molecule has 36 heavy (non-hydrogen) atoms. The second kappa shape index (κ2) is 13.2. The van der Waals surface area contributed by atoms with E-state index in [-0.39, 0.29) is 18.4 Å². The second-order valence-corrected chi connectivity index (χ2v) is 9.76. The van der Waals surface area contributed by atoms with Crippen molar-refractivity contribution in [3.8, 4) is 5.75 Å². The van der Waals surface area contributed by atoms with Gasteiger partial charge in [-0.15, -0.1) is 11.3 Å². The van der Waals surface area contributed by atoms with E-state index < -0.39 is 0 Å². The van der Waals surface area contributed by atoms with E-state index in [1.807, 2.05) is 52.7 Å². The maximum Gasteiger partial charge on any atom is 0.254 e. The van der Waals surface area contributed by atoms with Gasteiger partial charge >= 0.3 is 0 Å². The molecule has 2 heterocycles. The van der Waals surface area contributed by atoms with Crippen LogP contribution in [0.25, 0.3) is 0 Å². The number of ether oxygens (including phenoxy) is 2. The molecule has 2 amide bonds. The quantitative estimate of drug-likeness (QED) is 0.396. The first-order chi connectivity index (χ1) is 17.6. The Balaban J connectivity index is 1.51. The SMILES string of the molecule is COc1ccc(C(=O)N(CCN2CCOCC2)CC(=O)N(Cc2ccccc2)Cc2cccs2)cc1. The van der Waals surface area contributed by atoms with Gasteiger partial charge in [0.05, 0.1) is 26.9 Å². The topological polar surface area (TPSA) is 62.3 Å². The van der Waals surface area contributed by atoms with Crippen LogP contribution in [0.5, 0.6) is 5.75 Å². The third-order valence-corrected chi connectivity index (χ3v) is 7.10. The lowest BCUT2D eigenvalue weighted by molar-refractivity contribution is -0.133. The molecular formula is C28H33N3O4S. The molecule has 7 nitrogen and oxygen atoms in total. The second-order valence-electron chi connectivity index (χ2n) is 8.72. The molecule has 3 aromatic rings. The van der Waals surface area contributed by atoms with E-state index in [0.717, 1.165) is 23.5 Å². The molecule has 1 fully saturated rings. The minimum atomic E-state index is -0.157. The summed E-state index contributed by atoms with van der Waals surface area (Å²) in [5.74, 6) is 0.457. The first kappa shape index (κ1) is 25.9. The Kier molecular flexibility index (Phi) is 9.49. The van der Waals surface area contributed by atoms with Gasteiger partial charge in [0.2, 0.25) is 5.91 Å². The molecule has 0 aliphatic carbocycles. The van der Waals surface area contributed by atoms with Crippen molar-refractivity contribution < 1.29 is 19.1 Å². The summed E-state index contributed by atoms with van der Waals surface area (Å²) in [5.41, 5.74) is 1.60. The van der Waals surface area contributed by atoms with Gasteiger partial charge in [0.15, 0.2) is 0 Å². The number of carbonyl (C=O) groups excluding carboxylic acids is 2. The largest absolute Gasteiger partial charge is 0.497 e. The Morgan fingerprint density at radius 1 is 0.944 bits per heavy atom. The van der Waals surface area contributed by atoms with Gasteiger partial charge < -0.3 is 19.3 Å². The minimum Gasteiger partial charge on any atom is -0.497 e. The Morgan fingerprint density at radius 2 is 1.69 bits per heavy atom. The maximum atomic E-state index is 13.7. The first-order valence-corrected chi connectivity index (χ1v) is 13.1. The van der Waals surface area contributed by atoms with Gasteiger partial charge in [0.25, 0.3) is 5.91 Å². The monoisotopic (exact) mass is 507 g/mol. The van der Waals surface area contributed by atoms with Crippen molar-refractivity contribution in [3.05, 3.63) is 88.1 Å². The van der Waals surface area contributed by atoms with Crippen molar-refractivity contribution in [1.82, 2.24) is 14.7 Å². The van der Waals surface area contributed by atoms with Gasteiger partial charge in [-0.25, -0.2) is 0 Å². The average molecular weight is 508 g/mol. The number of hydrogen-bond acceptors (Lipinski definition) is 6. The number of nitrogens with zero attached hydrogens (tertiary/aromatic N) is 3. The predicted molar refractivity (Wildman–Crippen MR) is 141 cm³/mol. The molecule has 0 atom stereocenters. The molecule has 1 aliphatic rings. The first-order valence-electron chi connectivity index (χ1n) is 12.2. The van der Waals surface area contributed by atoms with Crippen molar-refractivity contribution in [2.75, 3.05) is 53.0 Å². The summed E-state index contributed by atoms with van der Waals surface area (Å²) in [7, 11) is 1.60. The Hall–Kier alpha value is -3.20. The highest BCUT2D eigenvalue weighted by molar-refractivity contribution is 7.09. The van der Waals surface area contributed by atoms with Crippen LogP contribution in [-0.2, 0) is 22.6 Å². The predicted octanol–water partition coefficient (Wildman–Crippen LogP) is 3.76. The van der Waals surface area contributed by atoms with Crippen molar-refractivity contribution in [2.45, 2.75) is 13.1 Å². The molecule has 0 radical (unpaired) electrons. The number of benzene rings is 2. The van der Waals surface area contributed by atoms with E-state index in [0.29, 0.717) is 50.7 Å². The van der Waals surface area contributed by atoms with Gasteiger partial charge in [-0.2, -0.15) is 0 Å². The lowest BCUT2D eigenvalue weighted by atomic mass is 10.1. The summed E-state index contributed by atoms with van der Waals surface area (Å²) in [6.07, 6.45) is 0. The Bertz CT molecular complexity index is 1080. The molecule has 0 N–H and O–H groups in total. The van der Waals surface area contributed by atoms with E-state index in [1.165, 1.54) is 0 Å². The lowest BCUT2D eigenvalue weighted by Gasteiger charge is -2.31. The van der Waals surface area contributed by atoms with Crippen LogP contribution >= 0.6 is 11.3 Å². The lowest BCUT2D eigenvalue weighted by Crippen LogP contribution is -2.47. The van der Waals surface area contributed by atoms with Crippen LogP contribution in [0.1, 0.15) is 20.8 Å². The number of methoxy groups -OCH3 is 1. The molecule has 190 valence electrons. The van der Waals surface area contributed by atoms with Gasteiger partial charge in [-0.05, 0) is 41.3 Å². The van der Waals surface area contributed by atoms with E-state index in [4.69, 9.17) is 9.47 Å². The number of amides is 2. The zero-order valence-electron chi connectivity index (χ0n) is 20.7. The van der Waals surface area contributed by atoms with Crippen LogP contribution in [0.2, 0.25) is 0 Å². The average Bonchev–Trinajstić information content (AvgIpc) is 3.44. The summed E-state index contributed by atoms with van der Waals surface area (Å²) in [4.78, 5) is 34.1.